The second-order valence-corrected chi connectivity index (χ2v) is 6.39. The SMILES string of the molecule is C[C@H]1[C@H](c2ccc(Cl)cc2)O/C(=N/[N+](=O)[O-])N1Cc1ccc(Cl)nc1. The van der Waals surface area contributed by atoms with Crippen LogP contribution in [0.1, 0.15) is 24.2 Å². The summed E-state index contributed by atoms with van der Waals surface area (Å²) in [5.41, 5.74) is 1.71. The Morgan fingerprint density at radius 3 is 2.60 bits per heavy atom. The second kappa shape index (κ2) is 7.25. The van der Waals surface area contributed by atoms with Gasteiger partial charge in [-0.15, -0.1) is 0 Å². The van der Waals surface area contributed by atoms with Crippen LogP contribution in [0.4, 0.5) is 0 Å². The van der Waals surface area contributed by atoms with E-state index in [2.05, 4.69) is 10.1 Å². The van der Waals surface area contributed by atoms with Crippen LogP contribution in [0, 0.1) is 10.1 Å². The summed E-state index contributed by atoms with van der Waals surface area (Å²) in [6, 6.07) is 10.4. The molecule has 1 aromatic carbocycles. The Hall–Kier alpha value is -2.38. The van der Waals surface area contributed by atoms with Crippen molar-refractivity contribution in [2.24, 2.45) is 5.10 Å². The van der Waals surface area contributed by atoms with Crippen molar-refractivity contribution in [2.45, 2.75) is 25.6 Å². The lowest BCUT2D eigenvalue weighted by Gasteiger charge is -2.21. The zero-order valence-corrected chi connectivity index (χ0v) is 14.7. The van der Waals surface area contributed by atoms with Gasteiger partial charge in [0.15, 0.2) is 5.03 Å². The Balaban J connectivity index is 1.89. The minimum absolute atomic E-state index is 0.0348. The molecule has 9 heteroatoms. The lowest BCUT2D eigenvalue weighted by molar-refractivity contribution is -0.486. The highest BCUT2D eigenvalue weighted by atomic mass is 35.5. The molecule has 1 aliphatic heterocycles. The third-order valence-electron chi connectivity index (χ3n) is 3.92. The quantitative estimate of drug-likeness (QED) is 0.456. The van der Waals surface area contributed by atoms with Crippen molar-refractivity contribution in [1.82, 2.24) is 9.88 Å². The van der Waals surface area contributed by atoms with Crippen molar-refractivity contribution in [1.29, 1.82) is 0 Å². The van der Waals surface area contributed by atoms with Gasteiger partial charge in [0, 0.05) is 17.8 Å². The van der Waals surface area contributed by atoms with Crippen molar-refractivity contribution in [2.75, 3.05) is 0 Å². The number of hydrogen-bond donors (Lipinski definition) is 0. The first kappa shape index (κ1) is 17.4. The molecule has 0 unspecified atom stereocenters. The van der Waals surface area contributed by atoms with Gasteiger partial charge >= 0.3 is 6.02 Å². The Morgan fingerprint density at radius 1 is 1.28 bits per heavy atom. The van der Waals surface area contributed by atoms with E-state index in [0.717, 1.165) is 11.1 Å². The van der Waals surface area contributed by atoms with Gasteiger partial charge in [0.05, 0.1) is 6.04 Å². The molecule has 3 rings (SSSR count). The molecule has 1 saturated heterocycles. The third-order valence-corrected chi connectivity index (χ3v) is 4.39. The van der Waals surface area contributed by atoms with Gasteiger partial charge in [0.2, 0.25) is 0 Å². The van der Waals surface area contributed by atoms with Crippen LogP contribution >= 0.6 is 23.2 Å². The number of pyridine rings is 1. The minimum atomic E-state index is -0.764. The van der Waals surface area contributed by atoms with Crippen molar-refractivity contribution in [3.63, 3.8) is 0 Å². The van der Waals surface area contributed by atoms with Gasteiger partial charge in [-0.25, -0.2) is 15.1 Å². The zero-order valence-electron chi connectivity index (χ0n) is 13.2. The van der Waals surface area contributed by atoms with Gasteiger partial charge in [-0.2, -0.15) is 0 Å². The summed E-state index contributed by atoms with van der Waals surface area (Å²) >= 11 is 11.7. The van der Waals surface area contributed by atoms with E-state index in [1.54, 1.807) is 35.4 Å². The molecular weight excluding hydrogens is 367 g/mol. The van der Waals surface area contributed by atoms with E-state index in [1.165, 1.54) is 0 Å². The van der Waals surface area contributed by atoms with Crippen LogP contribution in [0.5, 0.6) is 0 Å². The second-order valence-electron chi connectivity index (χ2n) is 5.57. The molecule has 0 N–H and O–H groups in total. The summed E-state index contributed by atoms with van der Waals surface area (Å²) in [5.74, 6) is 0. The van der Waals surface area contributed by atoms with Gasteiger partial charge < -0.3 is 9.64 Å². The number of hydrazone groups is 1. The molecular formula is C16H14Cl2N4O3. The lowest BCUT2D eigenvalue weighted by atomic mass is 10.0. The number of benzene rings is 1. The highest BCUT2D eigenvalue weighted by molar-refractivity contribution is 6.30. The molecule has 25 heavy (non-hydrogen) atoms. The number of ether oxygens (including phenoxy) is 1. The third kappa shape index (κ3) is 4.00. The Bertz CT molecular complexity index is 796. The Morgan fingerprint density at radius 2 is 2.00 bits per heavy atom. The van der Waals surface area contributed by atoms with E-state index < -0.39 is 11.1 Å². The predicted octanol–water partition coefficient (Wildman–Crippen LogP) is 3.90. The summed E-state index contributed by atoms with van der Waals surface area (Å²) in [7, 11) is 0. The van der Waals surface area contributed by atoms with E-state index in [0.29, 0.717) is 16.7 Å². The van der Waals surface area contributed by atoms with Gasteiger partial charge in [0.25, 0.3) is 0 Å². The first-order valence-corrected chi connectivity index (χ1v) is 8.22. The number of nitrogens with zero attached hydrogens (tertiary/aromatic N) is 4. The standard InChI is InChI=1S/C16H14Cl2N4O3/c1-10-15(12-3-5-13(17)6-4-12)25-16(20-22(23)24)21(10)9-11-2-7-14(18)19-8-11/h2-8,10,15H,9H2,1H3/b20-16+/t10-,15+/m0/s1. The van der Waals surface area contributed by atoms with Gasteiger partial charge in [-0.05, 0) is 36.2 Å². The molecule has 0 amide bonds. The van der Waals surface area contributed by atoms with Crippen molar-refractivity contribution < 1.29 is 9.77 Å². The topological polar surface area (TPSA) is 80.9 Å². The van der Waals surface area contributed by atoms with Gasteiger partial charge in [0.1, 0.15) is 16.4 Å². The van der Waals surface area contributed by atoms with Crippen LogP contribution in [0.25, 0.3) is 0 Å². The molecule has 1 fully saturated rings. The van der Waals surface area contributed by atoms with Crippen LogP contribution in [0.15, 0.2) is 47.7 Å². The molecule has 2 atom stereocenters. The van der Waals surface area contributed by atoms with Crippen molar-refractivity contribution in [3.8, 4) is 0 Å². The van der Waals surface area contributed by atoms with Crippen LogP contribution in [-0.4, -0.2) is 27.0 Å². The predicted molar refractivity (Wildman–Crippen MR) is 94.0 cm³/mol. The van der Waals surface area contributed by atoms with Crippen LogP contribution in [0.2, 0.25) is 10.2 Å². The highest BCUT2D eigenvalue weighted by Gasteiger charge is 2.40. The summed E-state index contributed by atoms with van der Waals surface area (Å²) in [4.78, 5) is 16.6. The monoisotopic (exact) mass is 380 g/mol. The first-order chi connectivity index (χ1) is 11.9. The Labute approximate surface area is 154 Å². The summed E-state index contributed by atoms with van der Waals surface area (Å²) < 4.78 is 5.76. The van der Waals surface area contributed by atoms with Crippen molar-refractivity contribution in [3.05, 3.63) is 74.0 Å². The van der Waals surface area contributed by atoms with Crippen molar-refractivity contribution >= 4 is 29.2 Å². The van der Waals surface area contributed by atoms with Gasteiger partial charge in [-0.1, -0.05) is 41.4 Å². The maximum atomic E-state index is 10.9. The molecule has 0 bridgehead atoms. The number of rotatable bonds is 4. The highest BCUT2D eigenvalue weighted by Crippen LogP contribution is 2.34. The number of nitro groups is 1. The zero-order chi connectivity index (χ0) is 18.0. The number of halogens is 2. The fraction of sp³-hybridized carbons (Fsp3) is 0.250. The molecule has 0 spiro atoms. The Kier molecular flexibility index (Phi) is 5.06. The molecule has 0 saturated carbocycles. The van der Waals surface area contributed by atoms with E-state index >= 15 is 0 Å². The molecule has 7 nitrogen and oxygen atoms in total. The molecule has 0 radical (unpaired) electrons. The average molecular weight is 381 g/mol. The number of aromatic nitrogens is 1. The van der Waals surface area contributed by atoms with E-state index in [-0.39, 0.29) is 12.1 Å². The van der Waals surface area contributed by atoms with E-state index in [1.807, 2.05) is 19.1 Å². The maximum Gasteiger partial charge on any atom is 0.363 e. The van der Waals surface area contributed by atoms with Gasteiger partial charge in [-0.3, -0.25) is 0 Å². The molecule has 2 heterocycles. The summed E-state index contributed by atoms with van der Waals surface area (Å²) in [6.45, 7) is 2.28. The first-order valence-electron chi connectivity index (χ1n) is 7.46. The van der Waals surface area contributed by atoms with Crippen LogP contribution in [-0.2, 0) is 11.3 Å². The van der Waals surface area contributed by atoms with Crippen LogP contribution in [0.3, 0.4) is 0 Å². The normalized spacial score (nSPS) is 21.4. The number of hydrogen-bond acceptors (Lipinski definition) is 4. The van der Waals surface area contributed by atoms with Crippen LogP contribution < -0.4 is 0 Å². The number of amidine groups is 1. The minimum Gasteiger partial charge on any atom is -0.451 e. The fourth-order valence-electron chi connectivity index (χ4n) is 2.68. The summed E-state index contributed by atoms with van der Waals surface area (Å²) in [5, 5.41) is 14.5. The molecule has 1 aliphatic rings. The largest absolute Gasteiger partial charge is 0.451 e. The molecule has 1 aromatic heterocycles. The smallest absolute Gasteiger partial charge is 0.363 e. The van der Waals surface area contributed by atoms with E-state index in [4.69, 9.17) is 27.9 Å². The maximum absolute atomic E-state index is 10.9. The summed E-state index contributed by atoms with van der Waals surface area (Å²) in [6.07, 6.45) is 1.23. The lowest BCUT2D eigenvalue weighted by Crippen LogP contribution is -2.32. The fourth-order valence-corrected chi connectivity index (χ4v) is 2.91. The average Bonchev–Trinajstić information content (AvgIpc) is 2.86. The molecule has 130 valence electrons. The van der Waals surface area contributed by atoms with E-state index in [9.17, 15) is 10.1 Å². The molecule has 2 aromatic rings. The molecule has 0 aliphatic carbocycles.